The Labute approximate surface area is 182 Å². The van der Waals surface area contributed by atoms with Crippen molar-refractivity contribution in [3.05, 3.63) is 48.0 Å². The number of rotatable bonds is 10. The average molecular weight is 431 g/mol. The molecule has 30 heavy (non-hydrogen) atoms. The summed E-state index contributed by atoms with van der Waals surface area (Å²) in [5.41, 5.74) is 1.66. The number of thioether (sulfide) groups is 1. The second-order valence-electron chi connectivity index (χ2n) is 6.51. The van der Waals surface area contributed by atoms with Crippen LogP contribution in [0.3, 0.4) is 0 Å². The van der Waals surface area contributed by atoms with Gasteiger partial charge in [-0.3, -0.25) is 4.79 Å². The molecule has 2 rings (SSSR count). The predicted octanol–water partition coefficient (Wildman–Crippen LogP) is 4.13. The van der Waals surface area contributed by atoms with Crippen molar-refractivity contribution in [2.45, 2.75) is 18.7 Å². The average Bonchev–Trinajstić information content (AvgIpc) is 2.76. The molecule has 0 spiro atoms. The minimum Gasteiger partial charge on any atom is -0.496 e. The molecule has 0 atom stereocenters. The first-order valence-electron chi connectivity index (χ1n) is 9.91. The van der Waals surface area contributed by atoms with E-state index in [9.17, 15) is 9.59 Å². The quantitative estimate of drug-likeness (QED) is 0.494. The third kappa shape index (κ3) is 6.96. The fourth-order valence-electron chi connectivity index (χ4n) is 2.91. The van der Waals surface area contributed by atoms with Crippen molar-refractivity contribution in [1.29, 1.82) is 0 Å². The molecule has 0 aliphatic rings. The number of hydrogen-bond donors (Lipinski definition) is 3. The van der Waals surface area contributed by atoms with Crippen LogP contribution in [0.2, 0.25) is 0 Å². The summed E-state index contributed by atoms with van der Waals surface area (Å²) in [6.07, 6.45) is 1.98. The molecule has 0 fully saturated rings. The lowest BCUT2D eigenvalue weighted by molar-refractivity contribution is 0.0946. The molecule has 0 saturated heterocycles. The molecule has 0 aromatic heterocycles. The van der Waals surface area contributed by atoms with E-state index in [4.69, 9.17) is 4.74 Å². The Kier molecular flexibility index (Phi) is 9.50. The van der Waals surface area contributed by atoms with E-state index in [1.807, 2.05) is 30.5 Å². The van der Waals surface area contributed by atoms with E-state index in [1.54, 1.807) is 30.0 Å². The number of nitrogens with one attached hydrogen (secondary N) is 3. The number of urea groups is 1. The van der Waals surface area contributed by atoms with E-state index in [1.165, 1.54) is 7.11 Å². The largest absolute Gasteiger partial charge is 0.496 e. The Morgan fingerprint density at radius 2 is 1.73 bits per heavy atom. The highest BCUT2D eigenvalue weighted by atomic mass is 32.2. The van der Waals surface area contributed by atoms with Gasteiger partial charge in [0.05, 0.1) is 12.7 Å². The Morgan fingerprint density at radius 1 is 1.03 bits per heavy atom. The number of carbonyl (C=O) groups excluding carboxylic acids is 2. The second kappa shape index (κ2) is 12.1. The Bertz CT molecular complexity index is 856. The predicted molar refractivity (Wildman–Crippen MR) is 124 cm³/mol. The summed E-state index contributed by atoms with van der Waals surface area (Å²) in [4.78, 5) is 28.1. The molecule has 0 unspecified atom stereocenters. The van der Waals surface area contributed by atoms with Crippen LogP contribution >= 0.6 is 11.8 Å². The molecule has 0 bridgehead atoms. The highest BCUT2D eigenvalue weighted by molar-refractivity contribution is 7.98. The van der Waals surface area contributed by atoms with Crippen LogP contribution < -0.4 is 20.7 Å². The van der Waals surface area contributed by atoms with E-state index < -0.39 is 0 Å². The molecule has 2 aromatic carbocycles. The van der Waals surface area contributed by atoms with E-state index >= 15 is 0 Å². The van der Waals surface area contributed by atoms with Gasteiger partial charge in [0.2, 0.25) is 0 Å². The van der Waals surface area contributed by atoms with E-state index in [-0.39, 0.29) is 11.9 Å². The van der Waals surface area contributed by atoms with Crippen molar-refractivity contribution in [1.82, 2.24) is 10.2 Å². The van der Waals surface area contributed by atoms with Gasteiger partial charge >= 0.3 is 6.03 Å². The topological polar surface area (TPSA) is 82.7 Å². The van der Waals surface area contributed by atoms with Gasteiger partial charge in [-0.25, -0.2) is 4.79 Å². The SMILES string of the molecule is CCN(CC)CCNC(=O)c1ccc(NC(=O)Nc2cccc(SC)c2)cc1OC. The zero-order valence-electron chi connectivity index (χ0n) is 18.0. The molecular weight excluding hydrogens is 400 g/mol. The highest BCUT2D eigenvalue weighted by Crippen LogP contribution is 2.24. The molecule has 0 aliphatic carbocycles. The van der Waals surface area contributed by atoms with Crippen molar-refractivity contribution in [2.24, 2.45) is 0 Å². The third-order valence-electron chi connectivity index (χ3n) is 4.64. The van der Waals surface area contributed by atoms with Gasteiger partial charge < -0.3 is 25.6 Å². The molecule has 162 valence electrons. The maximum Gasteiger partial charge on any atom is 0.323 e. The van der Waals surface area contributed by atoms with Gasteiger partial charge in [-0.05, 0) is 49.7 Å². The summed E-state index contributed by atoms with van der Waals surface area (Å²) in [5.74, 6) is 0.196. The zero-order chi connectivity index (χ0) is 21.9. The lowest BCUT2D eigenvalue weighted by atomic mass is 10.1. The van der Waals surface area contributed by atoms with E-state index in [0.717, 1.165) is 24.5 Å². The van der Waals surface area contributed by atoms with Crippen molar-refractivity contribution < 1.29 is 14.3 Å². The standard InChI is InChI=1S/C22H30N4O3S/c1-5-26(6-2)13-12-23-21(27)19-11-10-17(15-20(19)29-3)25-22(28)24-16-8-7-9-18(14-16)30-4/h7-11,14-15H,5-6,12-13H2,1-4H3,(H,23,27)(H2,24,25,28). The van der Waals surface area contributed by atoms with Crippen LogP contribution in [0.4, 0.5) is 16.2 Å². The van der Waals surface area contributed by atoms with Crippen LogP contribution in [-0.4, -0.2) is 56.4 Å². The molecule has 0 heterocycles. The summed E-state index contributed by atoms with van der Waals surface area (Å²) in [7, 11) is 1.50. The van der Waals surface area contributed by atoms with Gasteiger partial charge in [-0.15, -0.1) is 11.8 Å². The summed E-state index contributed by atoms with van der Waals surface area (Å²) in [6, 6.07) is 12.2. The number of likely N-dealkylation sites (N-methyl/N-ethyl adjacent to an activating group) is 1. The zero-order valence-corrected chi connectivity index (χ0v) is 18.8. The Balaban J connectivity index is 1.98. The highest BCUT2D eigenvalue weighted by Gasteiger charge is 2.14. The molecule has 2 aromatic rings. The van der Waals surface area contributed by atoms with Crippen molar-refractivity contribution >= 4 is 35.1 Å². The Morgan fingerprint density at radius 3 is 2.37 bits per heavy atom. The molecule has 0 radical (unpaired) electrons. The number of nitrogens with zero attached hydrogens (tertiary/aromatic N) is 1. The maximum atomic E-state index is 12.5. The van der Waals surface area contributed by atoms with Crippen LogP contribution in [0.25, 0.3) is 0 Å². The van der Waals surface area contributed by atoms with Gasteiger partial charge in [-0.2, -0.15) is 0 Å². The van der Waals surface area contributed by atoms with Gasteiger partial charge in [-0.1, -0.05) is 19.9 Å². The Hall–Kier alpha value is -2.71. The smallest absolute Gasteiger partial charge is 0.323 e. The molecule has 0 saturated carbocycles. The van der Waals surface area contributed by atoms with Crippen molar-refractivity contribution in [3.8, 4) is 5.75 Å². The van der Waals surface area contributed by atoms with Crippen LogP contribution in [0.5, 0.6) is 5.75 Å². The lowest BCUT2D eigenvalue weighted by Crippen LogP contribution is -2.34. The van der Waals surface area contributed by atoms with Crippen molar-refractivity contribution in [3.63, 3.8) is 0 Å². The molecule has 3 amide bonds. The first-order valence-corrected chi connectivity index (χ1v) is 11.1. The fourth-order valence-corrected chi connectivity index (χ4v) is 3.37. The number of anilines is 2. The summed E-state index contributed by atoms with van der Waals surface area (Å²) in [6.45, 7) is 7.42. The second-order valence-corrected chi connectivity index (χ2v) is 7.39. The minimum atomic E-state index is -0.369. The first kappa shape index (κ1) is 23.6. The third-order valence-corrected chi connectivity index (χ3v) is 5.36. The fraction of sp³-hybridized carbons (Fsp3) is 0.364. The monoisotopic (exact) mass is 430 g/mol. The van der Waals surface area contributed by atoms with Crippen LogP contribution in [0.1, 0.15) is 24.2 Å². The molecular formula is C22H30N4O3S. The van der Waals surface area contributed by atoms with Gasteiger partial charge in [0.1, 0.15) is 5.75 Å². The molecule has 8 heteroatoms. The lowest BCUT2D eigenvalue weighted by Gasteiger charge is -2.18. The van der Waals surface area contributed by atoms with Crippen molar-refractivity contribution in [2.75, 3.05) is 50.2 Å². The van der Waals surface area contributed by atoms with Gasteiger partial charge in [0, 0.05) is 35.4 Å². The number of amides is 3. The molecule has 3 N–H and O–H groups in total. The summed E-state index contributed by atoms with van der Waals surface area (Å²) < 4.78 is 5.36. The van der Waals surface area contributed by atoms with E-state index in [2.05, 4.69) is 34.7 Å². The van der Waals surface area contributed by atoms with Crippen LogP contribution in [0.15, 0.2) is 47.4 Å². The normalized spacial score (nSPS) is 10.6. The summed E-state index contributed by atoms with van der Waals surface area (Å²) >= 11 is 1.60. The maximum absolute atomic E-state index is 12.5. The molecule has 7 nitrogen and oxygen atoms in total. The number of carbonyl (C=O) groups is 2. The first-order chi connectivity index (χ1) is 14.5. The summed E-state index contributed by atoms with van der Waals surface area (Å²) in [5, 5.41) is 8.48. The number of methoxy groups -OCH3 is 1. The minimum absolute atomic E-state index is 0.205. The number of ether oxygens (including phenoxy) is 1. The number of benzene rings is 2. The number of hydrogen-bond acceptors (Lipinski definition) is 5. The van der Waals surface area contributed by atoms with Crippen LogP contribution in [0, 0.1) is 0 Å². The van der Waals surface area contributed by atoms with Crippen LogP contribution in [-0.2, 0) is 0 Å². The van der Waals surface area contributed by atoms with E-state index in [0.29, 0.717) is 29.2 Å². The van der Waals surface area contributed by atoms with Gasteiger partial charge in [0.15, 0.2) is 0 Å². The molecule has 0 aliphatic heterocycles. The van der Waals surface area contributed by atoms with Gasteiger partial charge in [0.25, 0.3) is 5.91 Å².